The lowest BCUT2D eigenvalue weighted by atomic mass is 9.96. The second-order valence-corrected chi connectivity index (χ2v) is 16.3. The van der Waals surface area contributed by atoms with Crippen molar-refractivity contribution in [3.05, 3.63) is 158 Å². The van der Waals surface area contributed by atoms with E-state index in [0.29, 0.717) is 62.5 Å². The predicted octanol–water partition coefficient (Wildman–Crippen LogP) is 10.8. The Hall–Kier alpha value is -5.88. The Morgan fingerprint density at radius 2 is 1.70 bits per heavy atom. The average molecular weight is 869 g/mol. The van der Waals surface area contributed by atoms with Crippen LogP contribution in [0.3, 0.4) is 0 Å². The molecule has 0 amide bonds. The maximum absolute atomic E-state index is 16.4. The SMILES string of the molecule is C=C/C=C(\C(=C/NC)C(=C)Nc1cc(C2=CCN(C(=C)CCNc3cccc(C=C)c3C(=C)N(C)C(C=C)CCC(=C)NC)CC2)c(F)cc1N1CC(C)N(C)C(C)C1)C(F)(F)F. The molecule has 2 aliphatic heterocycles. The fraction of sp³-hybridized carbons (Fsp3) is 0.373. The van der Waals surface area contributed by atoms with Gasteiger partial charge < -0.3 is 36.0 Å². The number of alkyl halides is 3. The number of rotatable bonds is 22. The molecule has 340 valence electrons. The molecule has 12 heteroatoms. The van der Waals surface area contributed by atoms with Gasteiger partial charge in [-0.3, -0.25) is 4.90 Å². The van der Waals surface area contributed by atoms with Crippen molar-refractivity contribution in [2.75, 3.05) is 76.4 Å². The molecule has 0 aromatic heterocycles. The van der Waals surface area contributed by atoms with Crippen LogP contribution in [0.5, 0.6) is 0 Å². The fourth-order valence-corrected chi connectivity index (χ4v) is 8.13. The van der Waals surface area contributed by atoms with Gasteiger partial charge in [-0.15, -0.1) is 6.58 Å². The summed E-state index contributed by atoms with van der Waals surface area (Å²) < 4.78 is 59.3. The quantitative estimate of drug-likeness (QED) is 0.0531. The van der Waals surface area contributed by atoms with Crippen LogP contribution >= 0.6 is 0 Å². The first kappa shape index (κ1) is 49.8. The van der Waals surface area contributed by atoms with Gasteiger partial charge in [0, 0.05) is 130 Å². The van der Waals surface area contributed by atoms with E-state index in [0.717, 1.165) is 64.5 Å². The van der Waals surface area contributed by atoms with Crippen LogP contribution in [0.2, 0.25) is 0 Å². The van der Waals surface area contributed by atoms with Gasteiger partial charge in [0.15, 0.2) is 0 Å². The van der Waals surface area contributed by atoms with Crippen molar-refractivity contribution < 1.29 is 17.6 Å². The molecule has 8 nitrogen and oxygen atoms in total. The summed E-state index contributed by atoms with van der Waals surface area (Å²) in [5, 5.41) is 12.6. The van der Waals surface area contributed by atoms with E-state index < -0.39 is 17.6 Å². The number of hydrogen-bond acceptors (Lipinski definition) is 8. The summed E-state index contributed by atoms with van der Waals surface area (Å²) in [5.74, 6) is -0.399. The standard InChI is InChI=1S/C51H68F4N8/c1-14-18-45(51(53,54)55)44(31-56-10)38(8)59-48-29-43(46(52)30-49(48)63-32-36(6)60(12)37(7)33-63)41-24-27-62(28-25-41)35(5)23-26-58-47-20-17-19-40(15-2)50(47)39(9)61(13)42(16-3)22-21-34(4)57-11/h14-20,24,29-31,36-37,42,56-59H,1-5,8-9,21-23,25-28,32-33H2,6-7,10-13H3/b44-31-,45-18+. The highest BCUT2D eigenvalue weighted by Gasteiger charge is 2.37. The van der Waals surface area contributed by atoms with Crippen LogP contribution in [-0.2, 0) is 0 Å². The van der Waals surface area contributed by atoms with E-state index in [4.69, 9.17) is 0 Å². The van der Waals surface area contributed by atoms with Crippen molar-refractivity contribution in [3.63, 3.8) is 0 Å². The van der Waals surface area contributed by atoms with Crippen molar-refractivity contribution in [3.8, 4) is 0 Å². The van der Waals surface area contributed by atoms with Gasteiger partial charge in [0.05, 0.1) is 16.9 Å². The van der Waals surface area contributed by atoms with E-state index in [1.165, 1.54) is 19.3 Å². The Morgan fingerprint density at radius 3 is 2.27 bits per heavy atom. The maximum atomic E-state index is 16.4. The number of benzene rings is 2. The number of hydrogen-bond donors (Lipinski definition) is 4. The number of likely N-dealkylation sites (N-methyl/N-ethyl adjacent to an activating group) is 2. The molecule has 63 heavy (non-hydrogen) atoms. The summed E-state index contributed by atoms with van der Waals surface area (Å²) in [6.07, 6.45) is 7.21. The molecule has 0 saturated carbocycles. The molecular weight excluding hydrogens is 801 g/mol. The number of allylic oxidation sites excluding steroid dienone is 4. The van der Waals surface area contributed by atoms with Crippen molar-refractivity contribution in [2.45, 2.75) is 63.8 Å². The van der Waals surface area contributed by atoms with Crippen molar-refractivity contribution in [2.24, 2.45) is 0 Å². The second kappa shape index (κ2) is 22.5. The fourth-order valence-electron chi connectivity index (χ4n) is 8.13. The molecule has 1 saturated heterocycles. The van der Waals surface area contributed by atoms with E-state index in [1.54, 1.807) is 6.07 Å². The monoisotopic (exact) mass is 869 g/mol. The summed E-state index contributed by atoms with van der Waals surface area (Å²) in [6.45, 7) is 35.8. The zero-order valence-electron chi connectivity index (χ0n) is 38.2. The summed E-state index contributed by atoms with van der Waals surface area (Å²) in [4.78, 5) is 8.68. The van der Waals surface area contributed by atoms with Crippen LogP contribution in [0.4, 0.5) is 34.6 Å². The number of nitrogens with zero attached hydrogens (tertiary/aromatic N) is 4. The third-order valence-electron chi connectivity index (χ3n) is 12.2. The molecule has 2 aliphatic rings. The lowest BCUT2D eigenvalue weighted by Gasteiger charge is -2.44. The van der Waals surface area contributed by atoms with Gasteiger partial charge in [-0.05, 0) is 75.6 Å². The minimum absolute atomic E-state index is 0.00458. The number of anilines is 3. The maximum Gasteiger partial charge on any atom is 0.417 e. The van der Waals surface area contributed by atoms with Crippen LogP contribution in [-0.4, -0.2) is 99.9 Å². The van der Waals surface area contributed by atoms with E-state index >= 15 is 4.39 Å². The molecule has 2 aromatic rings. The molecule has 3 unspecified atom stereocenters. The average Bonchev–Trinajstić information content (AvgIpc) is 3.26. The smallest absolute Gasteiger partial charge is 0.393 e. The molecule has 0 aliphatic carbocycles. The summed E-state index contributed by atoms with van der Waals surface area (Å²) in [7, 11) is 7.48. The Bertz CT molecular complexity index is 2120. The van der Waals surface area contributed by atoms with Crippen LogP contribution in [0.1, 0.15) is 56.2 Å². The lowest BCUT2D eigenvalue weighted by Crippen LogP contribution is -2.55. The molecular formula is C51H68F4N8. The van der Waals surface area contributed by atoms with Crippen LogP contribution in [0.15, 0.2) is 135 Å². The van der Waals surface area contributed by atoms with Crippen LogP contribution in [0.25, 0.3) is 17.3 Å². The lowest BCUT2D eigenvalue weighted by molar-refractivity contribution is -0.0891. The Balaban J connectivity index is 1.55. The van der Waals surface area contributed by atoms with Crippen molar-refractivity contribution >= 4 is 34.4 Å². The molecule has 2 heterocycles. The summed E-state index contributed by atoms with van der Waals surface area (Å²) in [5.41, 5.74) is 6.75. The topological polar surface area (TPSA) is 61.1 Å². The van der Waals surface area contributed by atoms with Crippen LogP contribution < -0.4 is 26.2 Å². The first-order valence-corrected chi connectivity index (χ1v) is 21.5. The van der Waals surface area contributed by atoms with E-state index in [1.807, 2.05) is 50.5 Å². The zero-order chi connectivity index (χ0) is 46.6. The number of halogens is 4. The van der Waals surface area contributed by atoms with Crippen LogP contribution in [0, 0.1) is 5.82 Å². The third-order valence-corrected chi connectivity index (χ3v) is 12.2. The Morgan fingerprint density at radius 1 is 1.00 bits per heavy atom. The normalized spacial score (nSPS) is 17.8. The summed E-state index contributed by atoms with van der Waals surface area (Å²) in [6, 6.07) is 9.64. The van der Waals surface area contributed by atoms with E-state index in [9.17, 15) is 13.2 Å². The number of nitrogens with one attached hydrogen (secondary N) is 4. The highest BCUT2D eigenvalue weighted by atomic mass is 19.4. The summed E-state index contributed by atoms with van der Waals surface area (Å²) >= 11 is 0. The number of piperazine rings is 1. The second-order valence-electron chi connectivity index (χ2n) is 16.3. The van der Waals surface area contributed by atoms with Gasteiger partial charge in [-0.1, -0.05) is 75.9 Å². The minimum Gasteiger partial charge on any atom is -0.393 e. The van der Waals surface area contributed by atoms with Crippen molar-refractivity contribution in [1.29, 1.82) is 0 Å². The molecule has 1 fully saturated rings. The van der Waals surface area contributed by atoms with Gasteiger partial charge in [0.25, 0.3) is 0 Å². The van der Waals surface area contributed by atoms with E-state index in [-0.39, 0.29) is 29.4 Å². The molecule has 0 radical (unpaired) electrons. The third kappa shape index (κ3) is 12.4. The molecule has 4 N–H and O–H groups in total. The first-order valence-electron chi connectivity index (χ1n) is 21.5. The molecule has 3 atom stereocenters. The van der Waals surface area contributed by atoms with Gasteiger partial charge in [0.1, 0.15) is 5.82 Å². The highest BCUT2D eigenvalue weighted by molar-refractivity contribution is 5.82. The Kier molecular flexibility index (Phi) is 17.7. The van der Waals surface area contributed by atoms with Crippen molar-refractivity contribution in [1.82, 2.24) is 25.3 Å². The van der Waals surface area contributed by atoms with Gasteiger partial charge in [-0.2, -0.15) is 13.2 Å². The van der Waals surface area contributed by atoms with Gasteiger partial charge in [-0.25, -0.2) is 4.39 Å². The molecule has 4 rings (SSSR count). The predicted molar refractivity (Wildman–Crippen MR) is 261 cm³/mol. The van der Waals surface area contributed by atoms with Gasteiger partial charge >= 0.3 is 6.18 Å². The minimum atomic E-state index is -4.68. The highest BCUT2D eigenvalue weighted by Crippen LogP contribution is 2.40. The first-order chi connectivity index (χ1) is 29.9. The molecule has 2 aromatic carbocycles. The molecule has 0 spiro atoms. The van der Waals surface area contributed by atoms with E-state index in [2.05, 4.69) is 108 Å². The zero-order valence-corrected chi connectivity index (χ0v) is 38.2. The van der Waals surface area contributed by atoms with Gasteiger partial charge in [0.2, 0.25) is 0 Å². The largest absolute Gasteiger partial charge is 0.417 e. The molecule has 0 bridgehead atoms. The Labute approximate surface area is 374 Å².